The van der Waals surface area contributed by atoms with Crippen LogP contribution in [-0.4, -0.2) is 36.0 Å². The van der Waals surface area contributed by atoms with E-state index >= 15 is 0 Å². The average Bonchev–Trinajstić information content (AvgIpc) is 3.23. The van der Waals surface area contributed by atoms with Crippen molar-refractivity contribution in [2.45, 2.75) is 12.8 Å². The van der Waals surface area contributed by atoms with Crippen molar-refractivity contribution >= 4 is 16.3 Å². The Bertz CT molecular complexity index is 1070. The van der Waals surface area contributed by atoms with Crippen LogP contribution in [0.5, 0.6) is 5.75 Å². The molecule has 0 bridgehead atoms. The van der Waals surface area contributed by atoms with Gasteiger partial charge in [0.1, 0.15) is 5.75 Å². The quantitative estimate of drug-likeness (QED) is 0.544. The van der Waals surface area contributed by atoms with E-state index in [4.69, 9.17) is 0 Å². The molecular formula is C15H11F3N6OS. The van der Waals surface area contributed by atoms with E-state index in [1.165, 1.54) is 29.5 Å². The molecule has 0 atom stereocenters. The number of rotatable bonds is 4. The van der Waals surface area contributed by atoms with E-state index in [0.29, 0.717) is 16.3 Å². The van der Waals surface area contributed by atoms with Crippen LogP contribution in [0.3, 0.4) is 0 Å². The van der Waals surface area contributed by atoms with E-state index in [1.54, 1.807) is 21.5 Å². The zero-order valence-electron chi connectivity index (χ0n) is 13.3. The van der Waals surface area contributed by atoms with E-state index < -0.39 is 6.36 Å². The molecule has 0 unspecified atom stereocenters. The summed E-state index contributed by atoms with van der Waals surface area (Å²) >= 11 is 1.36. The Balaban J connectivity index is 1.61. The van der Waals surface area contributed by atoms with Gasteiger partial charge in [-0.15, -0.1) is 23.4 Å². The van der Waals surface area contributed by atoms with Crippen LogP contribution in [0.1, 0.15) is 11.4 Å². The number of halogens is 3. The zero-order chi connectivity index (χ0) is 18.3. The van der Waals surface area contributed by atoms with Crippen LogP contribution in [-0.2, 0) is 13.5 Å². The van der Waals surface area contributed by atoms with E-state index in [0.717, 1.165) is 10.6 Å². The second-order valence-corrected chi connectivity index (χ2v) is 6.45. The summed E-state index contributed by atoms with van der Waals surface area (Å²) in [7, 11) is 1.81. The largest absolute Gasteiger partial charge is 0.573 e. The van der Waals surface area contributed by atoms with Crippen LogP contribution in [0.15, 0.2) is 36.7 Å². The van der Waals surface area contributed by atoms with Crippen molar-refractivity contribution in [1.82, 2.24) is 29.6 Å². The Hall–Kier alpha value is -2.95. The average molecular weight is 380 g/mol. The van der Waals surface area contributed by atoms with Crippen molar-refractivity contribution in [3.63, 3.8) is 0 Å². The molecule has 0 aliphatic carbocycles. The van der Waals surface area contributed by atoms with Crippen LogP contribution in [0, 0.1) is 0 Å². The second kappa shape index (κ2) is 6.09. The van der Waals surface area contributed by atoms with Gasteiger partial charge in [-0.1, -0.05) is 23.5 Å². The lowest BCUT2D eigenvalue weighted by molar-refractivity contribution is -0.274. The fourth-order valence-corrected chi connectivity index (χ4v) is 3.28. The first-order valence-corrected chi connectivity index (χ1v) is 8.24. The second-order valence-electron chi connectivity index (χ2n) is 5.49. The van der Waals surface area contributed by atoms with E-state index in [1.807, 2.05) is 13.2 Å². The van der Waals surface area contributed by atoms with Crippen LogP contribution < -0.4 is 4.74 Å². The predicted octanol–water partition coefficient (Wildman–Crippen LogP) is 3.08. The van der Waals surface area contributed by atoms with Gasteiger partial charge in [-0.2, -0.15) is 14.7 Å². The van der Waals surface area contributed by atoms with E-state index in [9.17, 15) is 13.2 Å². The molecule has 3 heterocycles. The SMILES string of the molecule is Cn1cc(-c2nn3c(Cc4cccc(OC(F)(F)F)c4)nnc3s2)cn1. The summed E-state index contributed by atoms with van der Waals surface area (Å²) in [6.45, 7) is 0. The molecule has 0 fully saturated rings. The molecule has 0 spiro atoms. The molecule has 0 saturated heterocycles. The zero-order valence-corrected chi connectivity index (χ0v) is 14.1. The highest BCUT2D eigenvalue weighted by molar-refractivity contribution is 7.19. The fourth-order valence-electron chi connectivity index (χ4n) is 2.45. The summed E-state index contributed by atoms with van der Waals surface area (Å²) in [6.07, 6.45) is -0.923. The van der Waals surface area contributed by atoms with Crippen LogP contribution in [0.25, 0.3) is 15.5 Å². The van der Waals surface area contributed by atoms with Crippen molar-refractivity contribution in [2.75, 3.05) is 0 Å². The number of fused-ring (bicyclic) bond motifs is 1. The normalized spacial score (nSPS) is 12.0. The first-order valence-electron chi connectivity index (χ1n) is 7.42. The molecular weight excluding hydrogens is 369 g/mol. The molecule has 134 valence electrons. The first kappa shape index (κ1) is 16.5. The van der Waals surface area contributed by atoms with Crippen LogP contribution in [0.4, 0.5) is 13.2 Å². The van der Waals surface area contributed by atoms with Crippen LogP contribution >= 0.6 is 11.3 Å². The Kier molecular flexibility index (Phi) is 3.87. The lowest BCUT2D eigenvalue weighted by Gasteiger charge is -2.09. The van der Waals surface area contributed by atoms with Gasteiger partial charge in [0.15, 0.2) is 10.8 Å². The van der Waals surface area contributed by atoms with Gasteiger partial charge in [0, 0.05) is 19.7 Å². The molecule has 1 aromatic carbocycles. The Morgan fingerprint density at radius 3 is 2.81 bits per heavy atom. The Labute approximate surface area is 148 Å². The smallest absolute Gasteiger partial charge is 0.406 e. The molecule has 3 aromatic heterocycles. The highest BCUT2D eigenvalue weighted by Gasteiger charge is 2.31. The third-order valence-corrected chi connectivity index (χ3v) is 4.45. The lowest BCUT2D eigenvalue weighted by Crippen LogP contribution is -2.17. The first-order chi connectivity index (χ1) is 12.4. The topological polar surface area (TPSA) is 70.1 Å². The Morgan fingerprint density at radius 1 is 1.23 bits per heavy atom. The number of aromatic nitrogens is 6. The monoisotopic (exact) mass is 380 g/mol. The fraction of sp³-hybridized carbons (Fsp3) is 0.200. The van der Waals surface area contributed by atoms with Gasteiger partial charge in [-0.25, -0.2) is 0 Å². The molecule has 4 rings (SSSR count). The van der Waals surface area contributed by atoms with Gasteiger partial charge in [-0.3, -0.25) is 4.68 Å². The molecule has 0 aliphatic heterocycles. The number of aryl methyl sites for hydroxylation is 1. The number of alkyl halides is 3. The minimum atomic E-state index is -4.73. The highest BCUT2D eigenvalue weighted by atomic mass is 32.1. The van der Waals surface area contributed by atoms with Crippen molar-refractivity contribution in [3.8, 4) is 16.3 Å². The van der Waals surface area contributed by atoms with Crippen molar-refractivity contribution in [1.29, 1.82) is 0 Å². The lowest BCUT2D eigenvalue weighted by atomic mass is 10.1. The minimum absolute atomic E-state index is 0.270. The van der Waals surface area contributed by atoms with Gasteiger partial charge in [0.25, 0.3) is 0 Å². The van der Waals surface area contributed by atoms with Crippen molar-refractivity contribution in [2.24, 2.45) is 7.05 Å². The van der Waals surface area contributed by atoms with Gasteiger partial charge >= 0.3 is 6.36 Å². The number of hydrogen-bond donors (Lipinski definition) is 0. The summed E-state index contributed by atoms with van der Waals surface area (Å²) in [5.41, 5.74) is 1.46. The summed E-state index contributed by atoms with van der Waals surface area (Å²) < 4.78 is 44.3. The molecule has 0 N–H and O–H groups in total. The van der Waals surface area contributed by atoms with Gasteiger partial charge in [0.2, 0.25) is 4.96 Å². The summed E-state index contributed by atoms with van der Waals surface area (Å²) in [5, 5.41) is 17.5. The van der Waals surface area contributed by atoms with Crippen molar-refractivity contribution < 1.29 is 17.9 Å². The maximum atomic E-state index is 12.4. The maximum Gasteiger partial charge on any atom is 0.573 e. The third-order valence-electron chi connectivity index (χ3n) is 3.50. The third kappa shape index (κ3) is 3.38. The molecule has 26 heavy (non-hydrogen) atoms. The molecule has 0 saturated carbocycles. The highest BCUT2D eigenvalue weighted by Crippen LogP contribution is 2.27. The summed E-state index contributed by atoms with van der Waals surface area (Å²) in [5.74, 6) is 0.251. The molecule has 11 heteroatoms. The number of ether oxygens (including phenoxy) is 1. The van der Waals surface area contributed by atoms with E-state index in [-0.39, 0.29) is 12.2 Å². The molecule has 4 aromatic rings. The molecule has 0 radical (unpaired) electrons. The van der Waals surface area contributed by atoms with Crippen molar-refractivity contribution in [3.05, 3.63) is 48.0 Å². The van der Waals surface area contributed by atoms with Gasteiger partial charge in [-0.05, 0) is 17.7 Å². The molecule has 0 aliphatic rings. The number of hydrogen-bond acceptors (Lipinski definition) is 6. The predicted molar refractivity (Wildman–Crippen MR) is 86.8 cm³/mol. The van der Waals surface area contributed by atoms with Gasteiger partial charge < -0.3 is 4.74 Å². The number of nitrogens with zero attached hydrogens (tertiary/aromatic N) is 6. The summed E-state index contributed by atoms with van der Waals surface area (Å²) in [4.78, 5) is 0.599. The van der Waals surface area contributed by atoms with Gasteiger partial charge in [0.05, 0.1) is 11.8 Å². The minimum Gasteiger partial charge on any atom is -0.406 e. The summed E-state index contributed by atoms with van der Waals surface area (Å²) in [6, 6.07) is 5.76. The standard InChI is InChI=1S/C15H11F3N6OS/c1-23-8-10(7-19-23)13-22-24-12(20-21-14(24)26-13)6-9-3-2-4-11(5-9)25-15(16,17)18/h2-5,7-8H,6H2,1H3. The maximum absolute atomic E-state index is 12.4. The molecule has 0 amide bonds. The molecule has 7 nitrogen and oxygen atoms in total. The number of benzene rings is 1. The van der Waals surface area contributed by atoms with E-state index in [2.05, 4.69) is 25.1 Å². The van der Waals surface area contributed by atoms with Crippen LogP contribution in [0.2, 0.25) is 0 Å². The Morgan fingerprint density at radius 2 is 2.08 bits per heavy atom.